The maximum Gasteiger partial charge on any atom is 0.269 e. The number of thioether (sulfide) groups is 1. The number of carbonyl (C=O) groups excluding carboxylic acids is 2. The Balaban J connectivity index is 1.65. The van der Waals surface area contributed by atoms with E-state index in [0.29, 0.717) is 11.6 Å². The molecule has 162 valence electrons. The fourth-order valence-corrected chi connectivity index (χ4v) is 6.30. The van der Waals surface area contributed by atoms with Crippen LogP contribution in [0.25, 0.3) is 0 Å². The van der Waals surface area contributed by atoms with Gasteiger partial charge in [-0.25, -0.2) is 0 Å². The van der Waals surface area contributed by atoms with Gasteiger partial charge in [0.2, 0.25) is 10.8 Å². The van der Waals surface area contributed by atoms with Crippen molar-refractivity contribution < 1.29 is 9.59 Å². The van der Waals surface area contributed by atoms with Gasteiger partial charge in [0.05, 0.1) is 17.5 Å². The van der Waals surface area contributed by atoms with Gasteiger partial charge in [-0.05, 0) is 48.7 Å². The standard InChI is InChI=1S/C26H23ClN2O2S/c1-3-18-12-14-20(15-13-18)29-24(30)17(2)32-26(29)21-9-5-7-11-23(21)28(25(26)31)16-19-8-4-6-10-22(19)27/h4-15,17H,3,16H2,1-2H3/t17-,26-/m0/s1. The largest absolute Gasteiger partial charge is 0.304 e. The van der Waals surface area contributed by atoms with Gasteiger partial charge < -0.3 is 4.90 Å². The summed E-state index contributed by atoms with van der Waals surface area (Å²) in [5, 5.41) is 0.285. The lowest BCUT2D eigenvalue weighted by Gasteiger charge is -2.33. The number of halogens is 1. The van der Waals surface area contributed by atoms with Crippen LogP contribution < -0.4 is 9.80 Å². The van der Waals surface area contributed by atoms with Crippen molar-refractivity contribution in [3.8, 4) is 0 Å². The van der Waals surface area contributed by atoms with Gasteiger partial charge in [0, 0.05) is 16.3 Å². The highest BCUT2D eigenvalue weighted by atomic mass is 35.5. The first-order valence-corrected chi connectivity index (χ1v) is 12.0. The molecule has 2 aliphatic rings. The Labute approximate surface area is 197 Å². The molecule has 2 aliphatic heterocycles. The van der Waals surface area contributed by atoms with Crippen LogP contribution >= 0.6 is 23.4 Å². The number of rotatable bonds is 4. The van der Waals surface area contributed by atoms with Crippen molar-refractivity contribution in [1.82, 2.24) is 0 Å². The Hall–Kier alpha value is -2.76. The lowest BCUT2D eigenvalue weighted by atomic mass is 10.0. The van der Waals surface area contributed by atoms with Gasteiger partial charge in [-0.15, -0.1) is 11.8 Å². The van der Waals surface area contributed by atoms with Crippen LogP contribution in [0.2, 0.25) is 5.02 Å². The summed E-state index contributed by atoms with van der Waals surface area (Å²) < 4.78 is 0. The molecule has 2 heterocycles. The average Bonchev–Trinajstić information content (AvgIpc) is 3.21. The van der Waals surface area contributed by atoms with Crippen molar-refractivity contribution in [1.29, 1.82) is 0 Å². The zero-order valence-electron chi connectivity index (χ0n) is 17.9. The summed E-state index contributed by atoms with van der Waals surface area (Å²) in [6.45, 7) is 4.32. The highest BCUT2D eigenvalue weighted by Crippen LogP contribution is 2.58. The number of carbonyl (C=O) groups is 2. The lowest BCUT2D eigenvalue weighted by molar-refractivity contribution is -0.124. The second-order valence-electron chi connectivity index (χ2n) is 8.10. The summed E-state index contributed by atoms with van der Waals surface area (Å²) in [4.78, 5) is 29.9. The normalized spacial score (nSPS) is 22.2. The Morgan fingerprint density at radius 1 is 0.969 bits per heavy atom. The predicted molar refractivity (Wildman–Crippen MR) is 131 cm³/mol. The zero-order chi connectivity index (χ0) is 22.5. The minimum atomic E-state index is -1.12. The van der Waals surface area contributed by atoms with E-state index in [1.165, 1.54) is 17.3 Å². The molecule has 6 heteroatoms. The maximum atomic E-state index is 14.2. The molecule has 0 N–H and O–H groups in total. The van der Waals surface area contributed by atoms with Crippen LogP contribution in [0.3, 0.4) is 0 Å². The van der Waals surface area contributed by atoms with Crippen molar-refractivity contribution in [3.63, 3.8) is 0 Å². The molecule has 0 bridgehead atoms. The maximum absolute atomic E-state index is 14.2. The predicted octanol–water partition coefficient (Wildman–Crippen LogP) is 5.77. The first kappa shape index (κ1) is 21.1. The number of hydrogen-bond donors (Lipinski definition) is 0. The summed E-state index contributed by atoms with van der Waals surface area (Å²) >= 11 is 7.84. The molecule has 1 spiro atoms. The highest BCUT2D eigenvalue weighted by molar-refractivity contribution is 8.03. The molecular formula is C26H23ClN2O2S. The summed E-state index contributed by atoms with van der Waals surface area (Å²) in [7, 11) is 0. The molecule has 5 rings (SSSR count). The topological polar surface area (TPSA) is 40.6 Å². The Bertz CT molecular complexity index is 1210. The van der Waals surface area contributed by atoms with Gasteiger partial charge in [-0.2, -0.15) is 0 Å². The molecule has 0 aromatic heterocycles. The van der Waals surface area contributed by atoms with Gasteiger partial charge in [-0.1, -0.05) is 67.1 Å². The van der Waals surface area contributed by atoms with Crippen molar-refractivity contribution >= 4 is 46.6 Å². The zero-order valence-corrected chi connectivity index (χ0v) is 19.5. The van der Waals surface area contributed by atoms with E-state index >= 15 is 0 Å². The van der Waals surface area contributed by atoms with Crippen LogP contribution in [0.5, 0.6) is 0 Å². The van der Waals surface area contributed by atoms with Crippen LogP contribution in [0, 0.1) is 0 Å². The smallest absolute Gasteiger partial charge is 0.269 e. The quantitative estimate of drug-likeness (QED) is 0.494. The minimum absolute atomic E-state index is 0.0537. The van der Waals surface area contributed by atoms with E-state index < -0.39 is 4.87 Å². The SMILES string of the molecule is CCc1ccc(N2C(=O)[C@H](C)S[C@@]23C(=O)N(Cc2ccccc2Cl)c2ccccc23)cc1. The second-order valence-corrected chi connectivity index (χ2v) is 10.0. The lowest BCUT2D eigenvalue weighted by Crippen LogP contribution is -2.49. The summed E-state index contributed by atoms with van der Waals surface area (Å²) in [5.74, 6) is -0.164. The molecule has 0 aliphatic carbocycles. The van der Waals surface area contributed by atoms with Crippen molar-refractivity contribution in [2.24, 2.45) is 0 Å². The second kappa shape index (κ2) is 7.98. The molecule has 4 nitrogen and oxygen atoms in total. The van der Waals surface area contributed by atoms with E-state index in [1.807, 2.05) is 79.7 Å². The monoisotopic (exact) mass is 462 g/mol. The Morgan fingerprint density at radius 3 is 2.38 bits per heavy atom. The number of para-hydroxylation sites is 1. The molecule has 0 unspecified atom stereocenters. The number of hydrogen-bond acceptors (Lipinski definition) is 3. The van der Waals surface area contributed by atoms with Crippen molar-refractivity contribution in [2.75, 3.05) is 9.80 Å². The van der Waals surface area contributed by atoms with Crippen LogP contribution in [0.15, 0.2) is 72.8 Å². The summed E-state index contributed by atoms with van der Waals surface area (Å²) in [5.41, 5.74) is 4.47. The van der Waals surface area contributed by atoms with E-state index in [4.69, 9.17) is 11.6 Å². The van der Waals surface area contributed by atoms with Gasteiger partial charge in [0.1, 0.15) is 0 Å². The fourth-order valence-electron chi connectivity index (χ4n) is 4.57. The number of anilines is 2. The van der Waals surface area contributed by atoms with Crippen LogP contribution in [-0.4, -0.2) is 17.1 Å². The third-order valence-electron chi connectivity index (χ3n) is 6.21. The molecule has 3 aromatic carbocycles. The third kappa shape index (κ3) is 3.06. The average molecular weight is 463 g/mol. The Kier molecular flexibility index (Phi) is 5.26. The summed E-state index contributed by atoms with van der Waals surface area (Å²) in [6.07, 6.45) is 0.915. The molecule has 1 fully saturated rings. The fraction of sp³-hybridized carbons (Fsp3) is 0.231. The number of benzene rings is 3. The molecule has 0 saturated carbocycles. The van der Waals surface area contributed by atoms with Crippen LogP contribution in [-0.2, 0) is 27.4 Å². The third-order valence-corrected chi connectivity index (χ3v) is 8.06. The van der Waals surface area contributed by atoms with Gasteiger partial charge in [0.25, 0.3) is 5.91 Å². The molecule has 0 radical (unpaired) electrons. The molecule has 2 atom stereocenters. The molecule has 1 saturated heterocycles. The van der Waals surface area contributed by atoms with E-state index in [1.54, 1.807) is 9.80 Å². The van der Waals surface area contributed by atoms with Gasteiger partial charge >= 0.3 is 0 Å². The molecule has 32 heavy (non-hydrogen) atoms. The van der Waals surface area contributed by atoms with Crippen molar-refractivity contribution in [2.45, 2.75) is 36.9 Å². The van der Waals surface area contributed by atoms with Crippen LogP contribution in [0.1, 0.15) is 30.5 Å². The number of fused-ring (bicyclic) bond motifs is 2. The van der Waals surface area contributed by atoms with E-state index in [2.05, 4.69) is 6.92 Å². The molecule has 3 aromatic rings. The van der Waals surface area contributed by atoms with Gasteiger partial charge in [-0.3, -0.25) is 14.5 Å². The minimum Gasteiger partial charge on any atom is -0.304 e. The first-order chi connectivity index (χ1) is 15.5. The van der Waals surface area contributed by atoms with Crippen LogP contribution in [0.4, 0.5) is 11.4 Å². The highest BCUT2D eigenvalue weighted by Gasteiger charge is 2.63. The first-order valence-electron chi connectivity index (χ1n) is 10.7. The summed E-state index contributed by atoms with van der Waals surface area (Å²) in [6, 6.07) is 23.3. The number of amides is 2. The Morgan fingerprint density at radius 2 is 1.66 bits per heavy atom. The number of nitrogens with zero attached hydrogens (tertiary/aromatic N) is 2. The molecular weight excluding hydrogens is 440 g/mol. The number of aryl methyl sites for hydroxylation is 1. The van der Waals surface area contributed by atoms with Crippen molar-refractivity contribution in [3.05, 3.63) is 94.5 Å². The molecule has 2 amide bonds. The van der Waals surface area contributed by atoms with E-state index in [0.717, 1.165) is 28.9 Å². The van der Waals surface area contributed by atoms with E-state index in [-0.39, 0.29) is 17.1 Å². The van der Waals surface area contributed by atoms with E-state index in [9.17, 15) is 9.59 Å². The van der Waals surface area contributed by atoms with Gasteiger partial charge in [0.15, 0.2) is 0 Å².